The Bertz CT molecular complexity index is 591. The van der Waals surface area contributed by atoms with Gasteiger partial charge in [-0.2, -0.15) is 4.98 Å². The van der Waals surface area contributed by atoms with E-state index < -0.39 is 11.6 Å². The van der Waals surface area contributed by atoms with Crippen molar-refractivity contribution >= 4 is 11.9 Å². The van der Waals surface area contributed by atoms with Crippen molar-refractivity contribution in [1.82, 2.24) is 15.0 Å². The van der Waals surface area contributed by atoms with Gasteiger partial charge in [0.1, 0.15) is 18.0 Å². The Morgan fingerprint density at radius 3 is 2.80 bits per heavy atom. The molecule has 2 rings (SSSR count). The van der Waals surface area contributed by atoms with Gasteiger partial charge in [-0.15, -0.1) is 0 Å². The summed E-state index contributed by atoms with van der Waals surface area (Å²) in [5.41, 5.74) is 5.93. The fraction of sp³-hybridized carbons (Fsp3) is 0.308. The highest BCUT2D eigenvalue weighted by Gasteiger charge is 2.08. The van der Waals surface area contributed by atoms with E-state index in [1.54, 1.807) is 0 Å². The molecule has 0 radical (unpaired) electrons. The normalized spacial score (nSPS) is 12.2. The largest absolute Gasteiger partial charge is 0.368 e. The van der Waals surface area contributed by atoms with Crippen molar-refractivity contribution in [3.05, 3.63) is 41.7 Å². The summed E-state index contributed by atoms with van der Waals surface area (Å²) in [6, 6.07) is 3.61. The van der Waals surface area contributed by atoms with Crippen LogP contribution in [0.1, 0.15) is 18.9 Å². The smallest absolute Gasteiger partial charge is 0.227 e. The minimum atomic E-state index is -0.571. The van der Waals surface area contributed by atoms with Crippen LogP contribution in [0.5, 0.6) is 0 Å². The Hall–Kier alpha value is -2.31. The zero-order chi connectivity index (χ0) is 14.5. The highest BCUT2D eigenvalue weighted by molar-refractivity contribution is 5.30. The van der Waals surface area contributed by atoms with Crippen LogP contribution in [-0.2, 0) is 6.42 Å². The molecule has 0 aliphatic carbocycles. The van der Waals surface area contributed by atoms with Gasteiger partial charge in [0.15, 0.2) is 0 Å². The number of hydrogen-bond acceptors (Lipinski definition) is 5. The molecule has 0 fully saturated rings. The standard InChI is InChI=1S/C13H15F2N5/c1-8(19-13-18-7-17-12(16)20-13)2-3-9-4-5-10(14)6-11(9)15/h4-8H,2-3H2,1H3,(H3,16,17,18,19,20). The van der Waals surface area contributed by atoms with E-state index in [-0.39, 0.29) is 12.0 Å². The predicted molar refractivity (Wildman–Crippen MR) is 72.0 cm³/mol. The molecule has 5 nitrogen and oxygen atoms in total. The first-order chi connectivity index (χ1) is 9.54. The summed E-state index contributed by atoms with van der Waals surface area (Å²) in [7, 11) is 0. The number of aryl methyl sites for hydroxylation is 1. The molecule has 0 spiro atoms. The number of nitrogens with one attached hydrogen (secondary N) is 1. The molecule has 0 amide bonds. The molecule has 20 heavy (non-hydrogen) atoms. The van der Waals surface area contributed by atoms with Crippen LogP contribution in [0.2, 0.25) is 0 Å². The third kappa shape index (κ3) is 3.84. The first kappa shape index (κ1) is 14.1. The Balaban J connectivity index is 1.90. The lowest BCUT2D eigenvalue weighted by molar-refractivity contribution is 0.565. The second-order valence-electron chi connectivity index (χ2n) is 4.49. The van der Waals surface area contributed by atoms with Crippen molar-refractivity contribution in [2.24, 2.45) is 0 Å². The molecule has 0 bridgehead atoms. The molecule has 0 aliphatic rings. The monoisotopic (exact) mass is 279 g/mol. The van der Waals surface area contributed by atoms with Crippen LogP contribution < -0.4 is 11.1 Å². The molecule has 1 atom stereocenters. The molecular weight excluding hydrogens is 264 g/mol. The van der Waals surface area contributed by atoms with Gasteiger partial charge in [-0.1, -0.05) is 6.07 Å². The summed E-state index contributed by atoms with van der Waals surface area (Å²) < 4.78 is 26.3. The van der Waals surface area contributed by atoms with Crippen molar-refractivity contribution in [1.29, 1.82) is 0 Å². The van der Waals surface area contributed by atoms with Crippen molar-refractivity contribution in [3.63, 3.8) is 0 Å². The Morgan fingerprint density at radius 2 is 2.10 bits per heavy atom. The molecule has 106 valence electrons. The lowest BCUT2D eigenvalue weighted by atomic mass is 10.1. The number of aromatic nitrogens is 3. The number of benzene rings is 1. The van der Waals surface area contributed by atoms with Gasteiger partial charge in [-0.25, -0.2) is 18.7 Å². The summed E-state index contributed by atoms with van der Waals surface area (Å²) in [5.74, 6) is -0.580. The molecule has 0 aliphatic heterocycles. The number of anilines is 2. The zero-order valence-corrected chi connectivity index (χ0v) is 11.0. The third-order valence-electron chi connectivity index (χ3n) is 2.83. The fourth-order valence-corrected chi connectivity index (χ4v) is 1.77. The number of nitrogens with zero attached hydrogens (tertiary/aromatic N) is 3. The Morgan fingerprint density at radius 1 is 1.30 bits per heavy atom. The van der Waals surface area contributed by atoms with E-state index in [2.05, 4.69) is 20.3 Å². The van der Waals surface area contributed by atoms with E-state index in [0.29, 0.717) is 24.4 Å². The number of hydrogen-bond donors (Lipinski definition) is 2. The average molecular weight is 279 g/mol. The molecule has 3 N–H and O–H groups in total. The maximum absolute atomic E-state index is 13.5. The zero-order valence-electron chi connectivity index (χ0n) is 11.0. The first-order valence-electron chi connectivity index (χ1n) is 6.19. The second-order valence-corrected chi connectivity index (χ2v) is 4.49. The summed E-state index contributed by atoms with van der Waals surface area (Å²) in [6.07, 6.45) is 2.45. The molecule has 7 heteroatoms. The molecular formula is C13H15F2N5. The highest BCUT2D eigenvalue weighted by atomic mass is 19.1. The molecule has 1 unspecified atom stereocenters. The molecule has 1 heterocycles. The van der Waals surface area contributed by atoms with Crippen molar-refractivity contribution in [2.45, 2.75) is 25.8 Å². The molecule has 1 aromatic carbocycles. The number of rotatable bonds is 5. The quantitative estimate of drug-likeness (QED) is 0.877. The minimum Gasteiger partial charge on any atom is -0.368 e. The van der Waals surface area contributed by atoms with Gasteiger partial charge in [0.2, 0.25) is 11.9 Å². The molecule has 0 saturated heterocycles. The van der Waals surface area contributed by atoms with Gasteiger partial charge in [-0.3, -0.25) is 0 Å². The highest BCUT2D eigenvalue weighted by Crippen LogP contribution is 2.13. The summed E-state index contributed by atoms with van der Waals surface area (Å²) in [5, 5.41) is 3.05. The summed E-state index contributed by atoms with van der Waals surface area (Å²) >= 11 is 0. The topological polar surface area (TPSA) is 76.7 Å². The molecule has 1 aromatic heterocycles. The molecule has 2 aromatic rings. The van der Waals surface area contributed by atoms with Crippen LogP contribution in [0, 0.1) is 11.6 Å². The van der Waals surface area contributed by atoms with E-state index in [9.17, 15) is 8.78 Å². The summed E-state index contributed by atoms with van der Waals surface area (Å²) in [6.45, 7) is 1.92. The average Bonchev–Trinajstić information content (AvgIpc) is 2.37. The Labute approximate surface area is 115 Å². The number of nitrogen functional groups attached to an aromatic ring is 1. The van der Waals surface area contributed by atoms with Crippen LogP contribution in [0.4, 0.5) is 20.7 Å². The summed E-state index contributed by atoms with van der Waals surface area (Å²) in [4.78, 5) is 11.5. The first-order valence-corrected chi connectivity index (χ1v) is 6.19. The van der Waals surface area contributed by atoms with Gasteiger partial charge in [-0.05, 0) is 31.4 Å². The van der Waals surface area contributed by atoms with Crippen molar-refractivity contribution < 1.29 is 8.78 Å². The van der Waals surface area contributed by atoms with Crippen LogP contribution in [-0.4, -0.2) is 21.0 Å². The van der Waals surface area contributed by atoms with E-state index in [4.69, 9.17) is 5.73 Å². The minimum absolute atomic E-state index is 0.0150. The van der Waals surface area contributed by atoms with Gasteiger partial charge >= 0.3 is 0 Å². The third-order valence-corrected chi connectivity index (χ3v) is 2.83. The van der Waals surface area contributed by atoms with Gasteiger partial charge in [0.25, 0.3) is 0 Å². The van der Waals surface area contributed by atoms with E-state index in [1.807, 2.05) is 6.92 Å². The number of nitrogens with two attached hydrogens (primary N) is 1. The van der Waals surface area contributed by atoms with E-state index in [0.717, 1.165) is 6.07 Å². The van der Waals surface area contributed by atoms with Crippen molar-refractivity contribution in [2.75, 3.05) is 11.1 Å². The second kappa shape index (κ2) is 6.23. The Kier molecular flexibility index (Phi) is 4.39. The van der Waals surface area contributed by atoms with Gasteiger partial charge in [0, 0.05) is 12.1 Å². The van der Waals surface area contributed by atoms with Crippen LogP contribution in [0.25, 0.3) is 0 Å². The van der Waals surface area contributed by atoms with E-state index >= 15 is 0 Å². The fourth-order valence-electron chi connectivity index (χ4n) is 1.77. The van der Waals surface area contributed by atoms with Crippen molar-refractivity contribution in [3.8, 4) is 0 Å². The predicted octanol–water partition coefficient (Wildman–Crippen LogP) is 2.17. The van der Waals surface area contributed by atoms with Crippen LogP contribution >= 0.6 is 0 Å². The maximum Gasteiger partial charge on any atom is 0.227 e. The van der Waals surface area contributed by atoms with Crippen LogP contribution in [0.15, 0.2) is 24.5 Å². The maximum atomic E-state index is 13.5. The van der Waals surface area contributed by atoms with Crippen LogP contribution in [0.3, 0.4) is 0 Å². The lowest BCUT2D eigenvalue weighted by Crippen LogP contribution is -2.18. The SMILES string of the molecule is CC(CCc1ccc(F)cc1F)Nc1ncnc(N)n1. The van der Waals surface area contributed by atoms with Gasteiger partial charge in [0.05, 0.1) is 0 Å². The molecule has 0 saturated carbocycles. The van der Waals surface area contributed by atoms with Gasteiger partial charge < -0.3 is 11.1 Å². The van der Waals surface area contributed by atoms with E-state index in [1.165, 1.54) is 18.5 Å². The lowest BCUT2D eigenvalue weighted by Gasteiger charge is -2.13. The number of halogens is 2.